The molecule has 4 nitrogen and oxygen atoms in total. The number of aliphatic hydroxyl groups is 1. The molecule has 0 bridgehead atoms. The van der Waals surface area contributed by atoms with Gasteiger partial charge in [-0.15, -0.1) is 0 Å². The van der Waals surface area contributed by atoms with Gasteiger partial charge in [-0.25, -0.2) is 0 Å². The lowest BCUT2D eigenvalue weighted by molar-refractivity contribution is -0.0361. The number of hydrogen-bond donors (Lipinski definition) is 2. The maximum absolute atomic E-state index is 10.1. The average molecular weight is 204 g/mol. The van der Waals surface area contributed by atoms with Crippen molar-refractivity contribution in [1.82, 2.24) is 0 Å². The highest BCUT2D eigenvalue weighted by Gasteiger charge is 2.41. The van der Waals surface area contributed by atoms with Gasteiger partial charge < -0.3 is 19.0 Å². The highest BCUT2D eigenvalue weighted by molar-refractivity contribution is 7.40. The zero-order valence-corrected chi connectivity index (χ0v) is 8.75. The first-order valence-electron chi connectivity index (χ1n) is 4.11. The smallest absolute Gasteiger partial charge is 0.329 e. The molecule has 2 radical (unpaired) electrons. The van der Waals surface area contributed by atoms with E-state index in [-0.39, 0.29) is 13.2 Å². The topological polar surface area (TPSA) is 58.9 Å². The summed E-state index contributed by atoms with van der Waals surface area (Å²) in [6.07, 6.45) is 0.371. The Labute approximate surface area is 80.7 Å². The zero-order valence-electron chi connectivity index (χ0n) is 7.86. The normalized spacial score (nSPS) is 37.1. The monoisotopic (exact) mass is 204 g/mol. The van der Waals surface area contributed by atoms with E-state index in [2.05, 4.69) is 0 Å². The molecule has 1 aliphatic heterocycles. The SMILES string of the molecule is [B]C(C)(C)C1(O)CCOP(O)OC1. The van der Waals surface area contributed by atoms with E-state index in [0.29, 0.717) is 6.42 Å². The summed E-state index contributed by atoms with van der Waals surface area (Å²) >= 11 is 0. The molecule has 1 aliphatic rings. The van der Waals surface area contributed by atoms with Crippen LogP contribution in [-0.4, -0.2) is 36.7 Å². The van der Waals surface area contributed by atoms with Crippen LogP contribution >= 0.6 is 8.60 Å². The van der Waals surface area contributed by atoms with Gasteiger partial charge in [-0.3, -0.25) is 0 Å². The van der Waals surface area contributed by atoms with Gasteiger partial charge in [0.15, 0.2) is 0 Å². The third-order valence-corrected chi connectivity index (χ3v) is 3.08. The van der Waals surface area contributed by atoms with E-state index >= 15 is 0 Å². The van der Waals surface area contributed by atoms with Gasteiger partial charge in [0.05, 0.1) is 26.7 Å². The summed E-state index contributed by atoms with van der Waals surface area (Å²) in [5.41, 5.74) is -1.13. The minimum absolute atomic E-state index is 0.0126. The highest BCUT2D eigenvalue weighted by atomic mass is 31.2. The van der Waals surface area contributed by atoms with Crippen molar-refractivity contribution >= 4 is 16.4 Å². The molecule has 0 spiro atoms. The molecule has 0 aromatic heterocycles. The van der Waals surface area contributed by atoms with E-state index in [1.165, 1.54) is 0 Å². The maximum Gasteiger partial charge on any atom is 0.329 e. The molecule has 13 heavy (non-hydrogen) atoms. The van der Waals surface area contributed by atoms with Crippen LogP contribution in [0.15, 0.2) is 0 Å². The Bertz CT molecular complexity index is 184. The Kier molecular flexibility index (Phi) is 3.36. The van der Waals surface area contributed by atoms with Crippen LogP contribution in [0.4, 0.5) is 0 Å². The lowest BCUT2D eigenvalue weighted by Crippen LogP contribution is -2.44. The van der Waals surface area contributed by atoms with Crippen molar-refractivity contribution in [2.75, 3.05) is 13.2 Å². The third kappa shape index (κ3) is 2.64. The largest absolute Gasteiger partial charge is 0.388 e. The first-order valence-corrected chi connectivity index (χ1v) is 5.24. The summed E-state index contributed by atoms with van der Waals surface area (Å²) < 4.78 is 9.79. The molecule has 6 heteroatoms. The Balaban J connectivity index is 2.68. The van der Waals surface area contributed by atoms with Crippen LogP contribution < -0.4 is 0 Å². The van der Waals surface area contributed by atoms with Crippen molar-refractivity contribution in [3.63, 3.8) is 0 Å². The van der Waals surface area contributed by atoms with E-state index in [4.69, 9.17) is 21.8 Å². The van der Waals surface area contributed by atoms with Gasteiger partial charge in [-0.1, -0.05) is 13.8 Å². The van der Waals surface area contributed by atoms with Crippen LogP contribution in [0.1, 0.15) is 20.3 Å². The van der Waals surface area contributed by atoms with Crippen molar-refractivity contribution in [3.8, 4) is 0 Å². The minimum Gasteiger partial charge on any atom is -0.388 e. The van der Waals surface area contributed by atoms with Gasteiger partial charge >= 0.3 is 8.60 Å². The van der Waals surface area contributed by atoms with E-state index in [0.717, 1.165) is 0 Å². The van der Waals surface area contributed by atoms with E-state index in [1.807, 2.05) is 0 Å². The Morgan fingerprint density at radius 3 is 2.62 bits per heavy atom. The summed E-state index contributed by atoms with van der Waals surface area (Å²) in [5.74, 6) is 0. The van der Waals surface area contributed by atoms with Crippen molar-refractivity contribution < 1.29 is 19.0 Å². The second kappa shape index (κ2) is 3.83. The van der Waals surface area contributed by atoms with Crippen molar-refractivity contribution in [1.29, 1.82) is 0 Å². The quantitative estimate of drug-likeness (QED) is 0.488. The van der Waals surface area contributed by atoms with Gasteiger partial charge in [0, 0.05) is 6.42 Å². The molecule has 1 fully saturated rings. The van der Waals surface area contributed by atoms with Crippen LogP contribution in [0.25, 0.3) is 0 Å². The van der Waals surface area contributed by atoms with E-state index in [1.54, 1.807) is 13.8 Å². The molecule has 0 amide bonds. The molecule has 2 N–H and O–H groups in total. The first-order chi connectivity index (χ1) is 5.85. The molecule has 74 valence electrons. The van der Waals surface area contributed by atoms with Crippen LogP contribution in [0.2, 0.25) is 5.31 Å². The molecule has 0 aliphatic carbocycles. The molecule has 0 aromatic rings. The minimum atomic E-state index is -1.84. The highest BCUT2D eigenvalue weighted by Crippen LogP contribution is 2.45. The zero-order chi connectivity index (χ0) is 10.1. The molecule has 2 unspecified atom stereocenters. The molecular formula is C7H14BO4P. The van der Waals surface area contributed by atoms with Gasteiger partial charge in [0.2, 0.25) is 0 Å². The van der Waals surface area contributed by atoms with Gasteiger partial charge in [0.1, 0.15) is 0 Å². The predicted octanol–water partition coefficient (Wildman–Crippen LogP) is 0.741. The fourth-order valence-electron chi connectivity index (χ4n) is 1.07. The maximum atomic E-state index is 10.1. The molecule has 0 saturated carbocycles. The van der Waals surface area contributed by atoms with Crippen LogP contribution in [0.5, 0.6) is 0 Å². The van der Waals surface area contributed by atoms with Crippen molar-refractivity contribution in [2.24, 2.45) is 0 Å². The van der Waals surface area contributed by atoms with Gasteiger partial charge in [-0.05, 0) is 5.31 Å². The summed E-state index contributed by atoms with van der Waals surface area (Å²) in [4.78, 5) is 9.06. The predicted molar refractivity (Wildman–Crippen MR) is 50.4 cm³/mol. The van der Waals surface area contributed by atoms with E-state index in [9.17, 15) is 5.11 Å². The average Bonchev–Trinajstić information content (AvgIpc) is 2.13. The molecule has 1 rings (SSSR count). The van der Waals surface area contributed by atoms with Crippen LogP contribution in [0.3, 0.4) is 0 Å². The van der Waals surface area contributed by atoms with Crippen molar-refractivity contribution in [3.05, 3.63) is 0 Å². The Hall–Kier alpha value is 0.335. The second-order valence-electron chi connectivity index (χ2n) is 3.85. The Morgan fingerprint density at radius 1 is 1.46 bits per heavy atom. The summed E-state index contributed by atoms with van der Waals surface area (Å²) in [6, 6.07) is 0. The fourth-order valence-corrected chi connectivity index (χ4v) is 1.72. The first kappa shape index (κ1) is 11.4. The molecule has 0 aromatic carbocycles. The summed E-state index contributed by atoms with van der Waals surface area (Å²) in [5, 5.41) is 9.31. The standard InChI is InChI=1S/C7H14BO4P/c1-6(2,8)7(9)3-4-11-13(10)12-5-7/h9-10H,3-5H2,1-2H3. The lowest BCUT2D eigenvalue weighted by Gasteiger charge is -2.39. The summed E-state index contributed by atoms with van der Waals surface area (Å²) in [6.45, 7) is 3.72. The van der Waals surface area contributed by atoms with Gasteiger partial charge in [-0.2, -0.15) is 0 Å². The molecule has 1 saturated heterocycles. The molecule has 2 atom stereocenters. The third-order valence-electron chi connectivity index (χ3n) is 2.33. The molecular weight excluding hydrogens is 190 g/mol. The number of rotatable bonds is 1. The second-order valence-corrected chi connectivity index (χ2v) is 4.84. The van der Waals surface area contributed by atoms with Gasteiger partial charge in [0.25, 0.3) is 0 Å². The van der Waals surface area contributed by atoms with Crippen LogP contribution in [0, 0.1) is 0 Å². The van der Waals surface area contributed by atoms with E-state index < -0.39 is 19.5 Å². The fraction of sp³-hybridized carbons (Fsp3) is 1.00. The summed E-state index contributed by atoms with van der Waals surface area (Å²) in [7, 11) is 3.96. The molecule has 1 heterocycles. The van der Waals surface area contributed by atoms with Crippen molar-refractivity contribution in [2.45, 2.75) is 31.2 Å². The lowest BCUT2D eigenvalue weighted by atomic mass is 9.60. The Morgan fingerprint density at radius 2 is 2.08 bits per heavy atom. The number of hydrogen-bond acceptors (Lipinski definition) is 4. The van der Waals surface area contributed by atoms with Crippen LogP contribution in [-0.2, 0) is 9.05 Å².